The Morgan fingerprint density at radius 3 is 2.76 bits per heavy atom. The number of nitrogens with one attached hydrogen (secondary N) is 1. The van der Waals surface area contributed by atoms with Crippen molar-refractivity contribution in [3.8, 4) is 0 Å². The lowest BCUT2D eigenvalue weighted by Gasteiger charge is -2.04. The average molecular weight is 273 g/mol. The van der Waals surface area contributed by atoms with Crippen LogP contribution in [0.2, 0.25) is 0 Å². The lowest BCUT2D eigenvalue weighted by Crippen LogP contribution is -2.12. The highest BCUT2D eigenvalue weighted by Crippen LogP contribution is 2.20. The highest BCUT2D eigenvalue weighted by atomic mass is 32.2. The number of pyridine rings is 1. The molecule has 8 heteroatoms. The number of thiazole rings is 1. The minimum absolute atomic E-state index is 0.0592. The number of hydrogen-bond acceptors (Lipinski definition) is 5. The zero-order chi connectivity index (χ0) is 12.5. The predicted octanol–water partition coefficient (Wildman–Crippen LogP) is 1.79. The third-order valence-electron chi connectivity index (χ3n) is 1.82. The molecule has 90 valence electrons. The Labute approximate surface area is 101 Å². The largest absolute Gasteiger partial charge is 0.274 e. The van der Waals surface area contributed by atoms with Crippen molar-refractivity contribution in [1.29, 1.82) is 0 Å². The molecule has 0 aliphatic heterocycles. The molecule has 0 atom stereocenters. The van der Waals surface area contributed by atoms with Crippen LogP contribution in [0.5, 0.6) is 0 Å². The monoisotopic (exact) mass is 273 g/mol. The summed E-state index contributed by atoms with van der Waals surface area (Å²) >= 11 is 1.04. The van der Waals surface area contributed by atoms with Gasteiger partial charge < -0.3 is 0 Å². The summed E-state index contributed by atoms with van der Waals surface area (Å²) in [5.74, 6) is -0.804. The Morgan fingerprint density at radius 2 is 2.18 bits per heavy atom. The van der Waals surface area contributed by atoms with E-state index in [-0.39, 0.29) is 10.0 Å². The molecule has 0 spiro atoms. The minimum atomic E-state index is -3.73. The highest BCUT2D eigenvalue weighted by molar-refractivity contribution is 7.94. The van der Waals surface area contributed by atoms with Gasteiger partial charge in [-0.2, -0.15) is 4.39 Å². The zero-order valence-corrected chi connectivity index (χ0v) is 10.3. The average Bonchev–Trinajstić information content (AvgIpc) is 2.65. The van der Waals surface area contributed by atoms with E-state index in [4.69, 9.17) is 0 Å². The van der Waals surface area contributed by atoms with Crippen molar-refractivity contribution < 1.29 is 12.8 Å². The van der Waals surface area contributed by atoms with Gasteiger partial charge in [0.1, 0.15) is 5.82 Å². The lowest BCUT2D eigenvalue weighted by molar-refractivity contribution is 0.585. The molecule has 0 radical (unpaired) electrons. The standard InChI is InChI=1S/C9H8FN3O2S2/c1-6-11-5-9(16-6)17(14,15)13-8-4-2-3-7(10)12-8/h2-5H,1H3,(H,12,13). The Morgan fingerprint density at radius 1 is 1.41 bits per heavy atom. The number of anilines is 1. The van der Waals surface area contributed by atoms with Crippen LogP contribution in [-0.4, -0.2) is 18.4 Å². The zero-order valence-electron chi connectivity index (χ0n) is 8.71. The molecule has 5 nitrogen and oxygen atoms in total. The summed E-state index contributed by atoms with van der Waals surface area (Å²) in [4.78, 5) is 7.26. The Balaban J connectivity index is 2.29. The van der Waals surface area contributed by atoms with E-state index < -0.39 is 16.0 Å². The summed E-state index contributed by atoms with van der Waals surface area (Å²) in [7, 11) is -3.73. The van der Waals surface area contributed by atoms with E-state index in [9.17, 15) is 12.8 Å². The fraction of sp³-hybridized carbons (Fsp3) is 0.111. The van der Waals surface area contributed by atoms with Crippen molar-refractivity contribution in [2.24, 2.45) is 0 Å². The van der Waals surface area contributed by atoms with E-state index in [0.29, 0.717) is 5.01 Å². The van der Waals surface area contributed by atoms with Gasteiger partial charge in [-0.25, -0.2) is 18.4 Å². The molecule has 0 bridgehead atoms. The highest BCUT2D eigenvalue weighted by Gasteiger charge is 2.17. The van der Waals surface area contributed by atoms with Crippen molar-refractivity contribution in [3.63, 3.8) is 0 Å². The molecular formula is C9H8FN3O2S2. The van der Waals surface area contributed by atoms with Crippen LogP contribution < -0.4 is 4.72 Å². The number of nitrogens with zero attached hydrogens (tertiary/aromatic N) is 2. The maximum Gasteiger partial charge on any atom is 0.274 e. The van der Waals surface area contributed by atoms with Crippen molar-refractivity contribution in [2.75, 3.05) is 4.72 Å². The van der Waals surface area contributed by atoms with Crippen molar-refractivity contribution >= 4 is 27.2 Å². The smallest absolute Gasteiger partial charge is 0.263 e. The first-order valence-electron chi connectivity index (χ1n) is 4.55. The van der Waals surface area contributed by atoms with E-state index in [2.05, 4.69) is 14.7 Å². The summed E-state index contributed by atoms with van der Waals surface area (Å²) in [6, 6.07) is 3.88. The number of hydrogen-bond donors (Lipinski definition) is 1. The van der Waals surface area contributed by atoms with Gasteiger partial charge in [0, 0.05) is 0 Å². The van der Waals surface area contributed by atoms with E-state index >= 15 is 0 Å². The number of aryl methyl sites for hydroxylation is 1. The van der Waals surface area contributed by atoms with Crippen LogP contribution >= 0.6 is 11.3 Å². The molecule has 0 amide bonds. The van der Waals surface area contributed by atoms with E-state index in [0.717, 1.165) is 17.4 Å². The maximum absolute atomic E-state index is 12.8. The van der Waals surface area contributed by atoms with Crippen LogP contribution in [0.15, 0.2) is 28.6 Å². The van der Waals surface area contributed by atoms with Crippen LogP contribution in [-0.2, 0) is 10.0 Å². The van der Waals surface area contributed by atoms with Gasteiger partial charge in [0.15, 0.2) is 4.21 Å². The molecule has 0 saturated carbocycles. The minimum Gasteiger partial charge on any atom is -0.263 e. The van der Waals surface area contributed by atoms with Crippen molar-refractivity contribution in [3.05, 3.63) is 35.4 Å². The number of aromatic nitrogens is 2. The van der Waals surface area contributed by atoms with Crippen molar-refractivity contribution in [2.45, 2.75) is 11.1 Å². The van der Waals surface area contributed by atoms with Gasteiger partial charge in [0.2, 0.25) is 5.95 Å². The second-order valence-electron chi connectivity index (χ2n) is 3.15. The number of rotatable bonds is 3. The van der Waals surface area contributed by atoms with Gasteiger partial charge in [0.25, 0.3) is 10.0 Å². The van der Waals surface area contributed by atoms with Gasteiger partial charge in [-0.15, -0.1) is 11.3 Å². The van der Waals surface area contributed by atoms with E-state index in [1.54, 1.807) is 6.92 Å². The van der Waals surface area contributed by atoms with Crippen LogP contribution in [0.1, 0.15) is 5.01 Å². The first kappa shape index (κ1) is 11.9. The first-order valence-corrected chi connectivity index (χ1v) is 6.85. The van der Waals surface area contributed by atoms with Crippen LogP contribution in [0.4, 0.5) is 10.2 Å². The summed E-state index contributed by atoms with van der Waals surface area (Å²) in [5.41, 5.74) is 0. The molecule has 0 aromatic carbocycles. The van der Waals surface area contributed by atoms with Gasteiger partial charge in [-0.1, -0.05) is 6.07 Å². The normalized spacial score (nSPS) is 11.4. The maximum atomic E-state index is 12.8. The fourth-order valence-electron chi connectivity index (χ4n) is 1.12. The van der Waals surface area contributed by atoms with Gasteiger partial charge in [-0.05, 0) is 19.1 Å². The lowest BCUT2D eigenvalue weighted by atomic mass is 10.5. The first-order chi connectivity index (χ1) is 7.97. The topological polar surface area (TPSA) is 72.0 Å². The summed E-state index contributed by atoms with van der Waals surface area (Å²) < 4.78 is 38.7. The van der Waals surface area contributed by atoms with E-state index in [1.807, 2.05) is 0 Å². The van der Waals surface area contributed by atoms with Crippen LogP contribution in [0.3, 0.4) is 0 Å². The molecular weight excluding hydrogens is 265 g/mol. The molecule has 0 unspecified atom stereocenters. The molecule has 2 aromatic rings. The second-order valence-corrected chi connectivity index (χ2v) is 6.29. The Bertz CT molecular complexity index is 639. The van der Waals surface area contributed by atoms with Gasteiger partial charge >= 0.3 is 0 Å². The SMILES string of the molecule is Cc1ncc(S(=O)(=O)Nc2cccc(F)n2)s1. The predicted molar refractivity (Wildman–Crippen MR) is 61.9 cm³/mol. The third-order valence-corrected chi connectivity index (χ3v) is 4.55. The third kappa shape index (κ3) is 2.77. The molecule has 17 heavy (non-hydrogen) atoms. The molecule has 0 fully saturated rings. The Kier molecular flexibility index (Phi) is 3.07. The van der Waals surface area contributed by atoms with E-state index in [1.165, 1.54) is 18.3 Å². The molecule has 0 aliphatic rings. The molecule has 2 heterocycles. The molecule has 0 aliphatic carbocycles. The van der Waals surface area contributed by atoms with Crippen LogP contribution in [0, 0.1) is 12.9 Å². The quantitative estimate of drug-likeness (QED) is 0.865. The number of sulfonamides is 1. The molecule has 2 rings (SSSR count). The second kappa shape index (κ2) is 4.38. The molecule has 1 N–H and O–H groups in total. The Hall–Kier alpha value is -1.54. The van der Waals surface area contributed by atoms with Crippen molar-refractivity contribution in [1.82, 2.24) is 9.97 Å². The fourth-order valence-corrected chi connectivity index (χ4v) is 3.23. The number of halogens is 1. The van der Waals surface area contributed by atoms with Gasteiger partial charge in [-0.3, -0.25) is 4.72 Å². The van der Waals surface area contributed by atoms with Crippen LogP contribution in [0.25, 0.3) is 0 Å². The summed E-state index contributed by atoms with van der Waals surface area (Å²) in [6.07, 6.45) is 1.25. The molecule has 2 aromatic heterocycles. The molecule has 0 saturated heterocycles. The van der Waals surface area contributed by atoms with Gasteiger partial charge in [0.05, 0.1) is 11.2 Å². The summed E-state index contributed by atoms with van der Waals surface area (Å²) in [5, 5.41) is 0.637. The summed E-state index contributed by atoms with van der Waals surface area (Å²) in [6.45, 7) is 1.70.